The lowest BCUT2D eigenvalue weighted by atomic mass is 10.2. The Balaban J connectivity index is 2.92. The van der Waals surface area contributed by atoms with Gasteiger partial charge in [-0.2, -0.15) is 5.10 Å². The van der Waals surface area contributed by atoms with E-state index in [0.29, 0.717) is 0 Å². The van der Waals surface area contributed by atoms with E-state index in [1.165, 1.54) is 0 Å². The third-order valence-electron chi connectivity index (χ3n) is 1.80. The second kappa shape index (κ2) is 2.62. The van der Waals surface area contributed by atoms with Crippen LogP contribution in [0, 0.1) is 3.57 Å². The molecule has 0 amide bonds. The van der Waals surface area contributed by atoms with Crippen molar-refractivity contribution in [2.45, 2.75) is 0 Å². The molecule has 4 heteroatoms. The summed E-state index contributed by atoms with van der Waals surface area (Å²) in [5.41, 5.74) is 0.958. The van der Waals surface area contributed by atoms with E-state index in [1.807, 2.05) is 7.05 Å². The Kier molecular flexibility index (Phi) is 1.71. The van der Waals surface area contributed by atoms with Crippen molar-refractivity contribution >= 4 is 33.5 Å². The maximum atomic E-state index is 9.31. The minimum absolute atomic E-state index is 0.288. The van der Waals surface area contributed by atoms with Crippen molar-refractivity contribution in [3.63, 3.8) is 0 Å². The normalized spacial score (nSPS) is 10.8. The second-order valence-corrected chi connectivity index (χ2v) is 3.79. The van der Waals surface area contributed by atoms with Crippen molar-refractivity contribution < 1.29 is 5.11 Å². The lowest BCUT2D eigenvalue weighted by Gasteiger charge is -1.97. The van der Waals surface area contributed by atoms with Crippen LogP contribution in [0.5, 0.6) is 5.75 Å². The molecule has 62 valence electrons. The average Bonchev–Trinajstić information content (AvgIpc) is 2.33. The monoisotopic (exact) mass is 274 g/mol. The first-order chi connectivity index (χ1) is 5.68. The minimum atomic E-state index is 0.288. The summed E-state index contributed by atoms with van der Waals surface area (Å²) in [6.07, 6.45) is 1.80. The van der Waals surface area contributed by atoms with E-state index >= 15 is 0 Å². The second-order valence-electron chi connectivity index (χ2n) is 2.63. The van der Waals surface area contributed by atoms with Crippen molar-refractivity contribution in [1.29, 1.82) is 0 Å². The minimum Gasteiger partial charge on any atom is -0.508 e. The Morgan fingerprint density at radius 2 is 2.25 bits per heavy atom. The summed E-state index contributed by atoms with van der Waals surface area (Å²) >= 11 is 2.18. The molecular weight excluding hydrogens is 267 g/mol. The van der Waals surface area contributed by atoms with Gasteiger partial charge in [0.05, 0.1) is 11.7 Å². The van der Waals surface area contributed by atoms with Gasteiger partial charge in [-0.3, -0.25) is 4.68 Å². The van der Waals surface area contributed by atoms with Gasteiger partial charge in [0.25, 0.3) is 0 Å². The molecule has 1 N–H and O–H groups in total. The molecule has 3 nitrogen and oxygen atoms in total. The van der Waals surface area contributed by atoms with Gasteiger partial charge < -0.3 is 5.11 Å². The number of hydrogen-bond acceptors (Lipinski definition) is 2. The molecule has 0 spiro atoms. The Morgan fingerprint density at radius 1 is 1.50 bits per heavy atom. The summed E-state index contributed by atoms with van der Waals surface area (Å²) in [6.45, 7) is 0. The zero-order valence-electron chi connectivity index (χ0n) is 6.45. The number of nitrogens with zero attached hydrogens (tertiary/aromatic N) is 2. The summed E-state index contributed by atoms with van der Waals surface area (Å²) in [5, 5.41) is 14.5. The van der Waals surface area contributed by atoms with Crippen LogP contribution in [0.1, 0.15) is 0 Å². The summed E-state index contributed by atoms with van der Waals surface area (Å²) in [5.74, 6) is 0.288. The topological polar surface area (TPSA) is 38.0 Å². The van der Waals surface area contributed by atoms with E-state index in [9.17, 15) is 5.11 Å². The lowest BCUT2D eigenvalue weighted by Crippen LogP contribution is -1.88. The Hall–Kier alpha value is -0.780. The number of aryl methyl sites for hydroxylation is 1. The van der Waals surface area contributed by atoms with E-state index in [4.69, 9.17) is 0 Å². The SMILES string of the molecule is Cn1ncc2c(I)cc(O)cc21. The molecule has 0 unspecified atom stereocenters. The smallest absolute Gasteiger partial charge is 0.118 e. The van der Waals surface area contributed by atoms with E-state index in [-0.39, 0.29) is 5.75 Å². The highest BCUT2D eigenvalue weighted by molar-refractivity contribution is 14.1. The number of rotatable bonds is 0. The average molecular weight is 274 g/mol. The summed E-state index contributed by atoms with van der Waals surface area (Å²) in [4.78, 5) is 0. The number of fused-ring (bicyclic) bond motifs is 1. The predicted octanol–water partition coefficient (Wildman–Crippen LogP) is 1.88. The van der Waals surface area contributed by atoms with E-state index in [0.717, 1.165) is 14.5 Å². The molecule has 2 aromatic rings. The molecule has 0 saturated carbocycles. The van der Waals surface area contributed by atoms with Crippen LogP contribution in [-0.2, 0) is 7.05 Å². The van der Waals surface area contributed by atoms with Gasteiger partial charge >= 0.3 is 0 Å². The van der Waals surface area contributed by atoms with Crippen LogP contribution in [0.15, 0.2) is 18.3 Å². The highest BCUT2D eigenvalue weighted by atomic mass is 127. The molecule has 0 aliphatic heterocycles. The third-order valence-corrected chi connectivity index (χ3v) is 2.69. The van der Waals surface area contributed by atoms with Crippen LogP contribution in [0.4, 0.5) is 0 Å². The van der Waals surface area contributed by atoms with E-state index in [2.05, 4.69) is 27.7 Å². The van der Waals surface area contributed by atoms with Crippen LogP contribution in [0.3, 0.4) is 0 Å². The molecule has 12 heavy (non-hydrogen) atoms. The van der Waals surface area contributed by atoms with Crippen LogP contribution in [0.25, 0.3) is 10.9 Å². The lowest BCUT2D eigenvalue weighted by molar-refractivity contribution is 0.475. The molecular formula is C8H7IN2O. The number of aromatic hydroxyl groups is 1. The molecule has 0 bridgehead atoms. The molecule has 0 saturated heterocycles. The fourth-order valence-electron chi connectivity index (χ4n) is 1.19. The van der Waals surface area contributed by atoms with E-state index in [1.54, 1.807) is 23.0 Å². The molecule has 0 aliphatic rings. The van der Waals surface area contributed by atoms with Crippen molar-refractivity contribution in [2.75, 3.05) is 0 Å². The highest BCUT2D eigenvalue weighted by Crippen LogP contribution is 2.24. The number of benzene rings is 1. The van der Waals surface area contributed by atoms with Crippen LogP contribution < -0.4 is 0 Å². The standard InChI is InChI=1S/C8H7IN2O/c1-11-8-3-5(12)2-7(9)6(8)4-10-11/h2-4,12H,1H3. The number of phenolic OH excluding ortho intramolecular Hbond substituents is 1. The number of halogens is 1. The number of phenols is 1. The maximum Gasteiger partial charge on any atom is 0.118 e. The Labute approximate surface area is 83.1 Å². The van der Waals surface area contributed by atoms with Gasteiger partial charge in [0.15, 0.2) is 0 Å². The first kappa shape index (κ1) is 7.85. The van der Waals surface area contributed by atoms with Crippen LogP contribution in [-0.4, -0.2) is 14.9 Å². The molecule has 0 atom stereocenters. The van der Waals surface area contributed by atoms with Gasteiger partial charge in [-0.1, -0.05) is 0 Å². The Morgan fingerprint density at radius 3 is 3.00 bits per heavy atom. The van der Waals surface area contributed by atoms with E-state index < -0.39 is 0 Å². The van der Waals surface area contributed by atoms with Crippen molar-refractivity contribution in [1.82, 2.24) is 9.78 Å². The fraction of sp³-hybridized carbons (Fsp3) is 0.125. The summed E-state index contributed by atoms with van der Waals surface area (Å²) < 4.78 is 2.77. The number of aromatic nitrogens is 2. The largest absolute Gasteiger partial charge is 0.508 e. The van der Waals surface area contributed by atoms with Gasteiger partial charge in [0.2, 0.25) is 0 Å². The van der Waals surface area contributed by atoms with Gasteiger partial charge in [-0.15, -0.1) is 0 Å². The first-order valence-electron chi connectivity index (χ1n) is 3.48. The predicted molar refractivity (Wildman–Crippen MR) is 55.1 cm³/mol. The molecule has 1 aromatic carbocycles. The number of hydrogen-bond donors (Lipinski definition) is 1. The van der Waals surface area contributed by atoms with Gasteiger partial charge in [0.1, 0.15) is 5.75 Å². The molecule has 2 rings (SSSR count). The fourth-order valence-corrected chi connectivity index (χ4v) is 1.93. The summed E-state index contributed by atoms with van der Waals surface area (Å²) in [6, 6.07) is 3.44. The van der Waals surface area contributed by atoms with Gasteiger partial charge in [-0.25, -0.2) is 0 Å². The maximum absolute atomic E-state index is 9.31. The van der Waals surface area contributed by atoms with Crippen molar-refractivity contribution in [2.24, 2.45) is 7.05 Å². The van der Waals surface area contributed by atoms with Crippen molar-refractivity contribution in [3.05, 3.63) is 21.9 Å². The zero-order chi connectivity index (χ0) is 8.72. The molecule has 0 fully saturated rings. The van der Waals surface area contributed by atoms with Crippen molar-refractivity contribution in [3.8, 4) is 5.75 Å². The molecule has 0 aliphatic carbocycles. The molecule has 1 heterocycles. The molecule has 1 aromatic heterocycles. The van der Waals surface area contributed by atoms with Gasteiger partial charge in [0, 0.05) is 22.1 Å². The zero-order valence-corrected chi connectivity index (χ0v) is 8.61. The third kappa shape index (κ3) is 1.06. The van der Waals surface area contributed by atoms with Crippen LogP contribution in [0.2, 0.25) is 0 Å². The Bertz CT molecular complexity index is 436. The first-order valence-corrected chi connectivity index (χ1v) is 4.56. The highest BCUT2D eigenvalue weighted by Gasteiger charge is 2.04. The van der Waals surface area contributed by atoms with Gasteiger partial charge in [-0.05, 0) is 28.7 Å². The summed E-state index contributed by atoms with van der Waals surface area (Å²) in [7, 11) is 1.86. The quantitative estimate of drug-likeness (QED) is 0.745. The molecule has 0 radical (unpaired) electrons. The van der Waals surface area contributed by atoms with Crippen LogP contribution >= 0.6 is 22.6 Å².